The second kappa shape index (κ2) is 5.77. The van der Waals surface area contributed by atoms with Crippen molar-refractivity contribution >= 4 is 5.97 Å². The van der Waals surface area contributed by atoms with Gasteiger partial charge in [0.25, 0.3) is 0 Å². The van der Waals surface area contributed by atoms with E-state index in [1.165, 1.54) is 7.11 Å². The van der Waals surface area contributed by atoms with Crippen molar-refractivity contribution in [3.8, 4) is 0 Å². The van der Waals surface area contributed by atoms with Crippen LogP contribution in [0, 0.1) is 5.92 Å². The summed E-state index contributed by atoms with van der Waals surface area (Å²) in [7, 11) is 1.40. The van der Waals surface area contributed by atoms with Crippen LogP contribution in [0.5, 0.6) is 0 Å². The van der Waals surface area contributed by atoms with Gasteiger partial charge in [0.15, 0.2) is 6.10 Å². The van der Waals surface area contributed by atoms with E-state index in [9.17, 15) is 15.0 Å². The molecule has 6 nitrogen and oxygen atoms in total. The molecule has 1 aliphatic heterocycles. The molecule has 1 fully saturated rings. The fraction of sp³-hybridized carbons (Fsp3) is 0.909. The maximum absolute atomic E-state index is 10.9. The molecule has 0 aromatic heterocycles. The first-order chi connectivity index (χ1) is 7.93. The highest BCUT2D eigenvalue weighted by Crippen LogP contribution is 2.29. The van der Waals surface area contributed by atoms with Crippen LogP contribution in [-0.2, 0) is 14.3 Å². The average molecular weight is 248 g/mol. The van der Waals surface area contributed by atoms with E-state index in [1.807, 2.05) is 13.8 Å². The summed E-state index contributed by atoms with van der Waals surface area (Å²) in [6, 6.07) is 0. The van der Waals surface area contributed by atoms with Gasteiger partial charge in [-0.25, -0.2) is 4.79 Å². The summed E-state index contributed by atoms with van der Waals surface area (Å²) in [5, 5.41) is 28.4. The highest BCUT2D eigenvalue weighted by molar-refractivity contribution is 5.73. The van der Waals surface area contributed by atoms with Gasteiger partial charge in [-0.3, -0.25) is 0 Å². The molecule has 0 amide bonds. The Balaban J connectivity index is 2.91. The molecule has 0 aliphatic carbocycles. The number of aliphatic hydroxyl groups is 2. The van der Waals surface area contributed by atoms with Crippen LogP contribution in [-0.4, -0.2) is 58.9 Å². The van der Waals surface area contributed by atoms with Gasteiger partial charge in [0.2, 0.25) is 0 Å². The minimum Gasteiger partial charge on any atom is -0.479 e. The Labute approximate surface area is 100 Å². The Hall–Kier alpha value is -0.690. The molecule has 6 heteroatoms. The van der Waals surface area contributed by atoms with Crippen LogP contribution in [0.2, 0.25) is 0 Å². The predicted molar refractivity (Wildman–Crippen MR) is 58.6 cm³/mol. The first-order valence-electron chi connectivity index (χ1n) is 5.71. The van der Waals surface area contributed by atoms with Gasteiger partial charge in [-0.15, -0.1) is 0 Å². The molecule has 6 unspecified atom stereocenters. The van der Waals surface area contributed by atoms with Crippen LogP contribution in [0.4, 0.5) is 0 Å². The van der Waals surface area contributed by atoms with Crippen molar-refractivity contribution in [2.75, 3.05) is 7.11 Å². The van der Waals surface area contributed by atoms with Gasteiger partial charge < -0.3 is 24.8 Å². The molecule has 1 heterocycles. The smallest absolute Gasteiger partial charge is 0.335 e. The number of hydrogen-bond donors (Lipinski definition) is 3. The van der Waals surface area contributed by atoms with Crippen molar-refractivity contribution in [2.24, 2.45) is 5.92 Å². The normalized spacial score (nSPS) is 39.9. The number of aliphatic carboxylic acids is 1. The van der Waals surface area contributed by atoms with E-state index in [4.69, 9.17) is 14.6 Å². The predicted octanol–water partition coefficient (Wildman–Crippen LogP) is -0.379. The number of methoxy groups -OCH3 is 1. The van der Waals surface area contributed by atoms with Crippen molar-refractivity contribution in [3.05, 3.63) is 0 Å². The summed E-state index contributed by atoms with van der Waals surface area (Å²) >= 11 is 0. The minimum atomic E-state index is -1.47. The molecule has 0 bridgehead atoms. The van der Waals surface area contributed by atoms with Crippen molar-refractivity contribution < 1.29 is 29.6 Å². The van der Waals surface area contributed by atoms with Gasteiger partial charge in [0.1, 0.15) is 18.3 Å². The SMILES string of the molecule is CCC(C)C1OC(C(=O)O)C(O)C(O)C1OC. The number of rotatable bonds is 4. The van der Waals surface area contributed by atoms with E-state index in [0.29, 0.717) is 0 Å². The largest absolute Gasteiger partial charge is 0.479 e. The Morgan fingerprint density at radius 3 is 2.41 bits per heavy atom. The molecule has 1 rings (SSSR count). The minimum absolute atomic E-state index is 0.0314. The van der Waals surface area contributed by atoms with Crippen molar-refractivity contribution in [1.29, 1.82) is 0 Å². The van der Waals surface area contributed by atoms with E-state index in [0.717, 1.165) is 6.42 Å². The Morgan fingerprint density at radius 2 is 2.00 bits per heavy atom. The number of carboxylic acids is 1. The topological polar surface area (TPSA) is 96.2 Å². The molecule has 3 N–H and O–H groups in total. The number of carbonyl (C=O) groups is 1. The first kappa shape index (κ1) is 14.4. The summed E-state index contributed by atoms with van der Waals surface area (Å²) in [6.07, 6.45) is -4.62. The number of aliphatic hydroxyl groups excluding tert-OH is 2. The number of carboxylic acid groups (broad SMARTS) is 1. The van der Waals surface area contributed by atoms with Gasteiger partial charge in [-0.1, -0.05) is 20.3 Å². The Kier molecular flexibility index (Phi) is 4.88. The zero-order valence-electron chi connectivity index (χ0n) is 10.2. The van der Waals surface area contributed by atoms with Crippen LogP contribution >= 0.6 is 0 Å². The zero-order valence-corrected chi connectivity index (χ0v) is 10.2. The van der Waals surface area contributed by atoms with Crippen LogP contribution in [0.1, 0.15) is 20.3 Å². The van der Waals surface area contributed by atoms with Gasteiger partial charge in [0.05, 0.1) is 6.10 Å². The Bertz CT molecular complexity index is 269. The van der Waals surface area contributed by atoms with Crippen molar-refractivity contribution in [1.82, 2.24) is 0 Å². The zero-order chi connectivity index (χ0) is 13.2. The second-order valence-electron chi connectivity index (χ2n) is 4.43. The quantitative estimate of drug-likeness (QED) is 0.627. The third-order valence-electron chi connectivity index (χ3n) is 3.34. The van der Waals surface area contributed by atoms with Crippen LogP contribution in [0.3, 0.4) is 0 Å². The summed E-state index contributed by atoms with van der Waals surface area (Å²) in [5.74, 6) is -1.25. The lowest BCUT2D eigenvalue weighted by Gasteiger charge is -2.42. The van der Waals surface area contributed by atoms with Crippen molar-refractivity contribution in [2.45, 2.75) is 50.8 Å². The average Bonchev–Trinajstić information content (AvgIpc) is 2.30. The summed E-state index contributed by atoms with van der Waals surface area (Å²) in [5.41, 5.74) is 0. The fourth-order valence-corrected chi connectivity index (χ4v) is 2.06. The molecule has 6 atom stereocenters. The maximum Gasteiger partial charge on any atom is 0.335 e. The third-order valence-corrected chi connectivity index (χ3v) is 3.34. The molecule has 0 spiro atoms. The summed E-state index contributed by atoms with van der Waals surface area (Å²) in [4.78, 5) is 10.9. The molecule has 1 aliphatic rings. The van der Waals surface area contributed by atoms with Gasteiger partial charge in [-0.05, 0) is 5.92 Å². The second-order valence-corrected chi connectivity index (χ2v) is 4.43. The molecular formula is C11H20O6. The highest BCUT2D eigenvalue weighted by atomic mass is 16.6. The molecule has 17 heavy (non-hydrogen) atoms. The van der Waals surface area contributed by atoms with E-state index in [-0.39, 0.29) is 5.92 Å². The van der Waals surface area contributed by atoms with Crippen LogP contribution in [0.15, 0.2) is 0 Å². The lowest BCUT2D eigenvalue weighted by Crippen LogP contribution is -2.61. The van der Waals surface area contributed by atoms with E-state index in [1.54, 1.807) is 0 Å². The molecule has 0 aromatic carbocycles. The summed E-state index contributed by atoms with van der Waals surface area (Å²) < 4.78 is 10.5. The van der Waals surface area contributed by atoms with E-state index >= 15 is 0 Å². The van der Waals surface area contributed by atoms with Crippen LogP contribution in [0.25, 0.3) is 0 Å². The standard InChI is InChI=1S/C11H20O6/c1-4-5(2)8-9(16-3)6(12)7(13)10(17-8)11(14)15/h5-10,12-13H,4H2,1-3H3,(H,14,15). The van der Waals surface area contributed by atoms with Crippen LogP contribution < -0.4 is 0 Å². The fourth-order valence-electron chi connectivity index (χ4n) is 2.06. The first-order valence-corrected chi connectivity index (χ1v) is 5.71. The molecule has 1 saturated heterocycles. The maximum atomic E-state index is 10.9. The summed E-state index contributed by atoms with van der Waals surface area (Å²) in [6.45, 7) is 3.83. The van der Waals surface area contributed by atoms with Crippen molar-refractivity contribution in [3.63, 3.8) is 0 Å². The van der Waals surface area contributed by atoms with E-state index in [2.05, 4.69) is 0 Å². The molecule has 0 radical (unpaired) electrons. The van der Waals surface area contributed by atoms with Gasteiger partial charge in [0, 0.05) is 7.11 Å². The molecule has 0 aromatic rings. The monoisotopic (exact) mass is 248 g/mol. The van der Waals surface area contributed by atoms with E-state index < -0.39 is 36.5 Å². The lowest BCUT2D eigenvalue weighted by atomic mass is 9.87. The third kappa shape index (κ3) is 2.77. The lowest BCUT2D eigenvalue weighted by molar-refractivity contribution is -0.242. The Morgan fingerprint density at radius 1 is 1.41 bits per heavy atom. The molecular weight excluding hydrogens is 228 g/mol. The number of ether oxygens (including phenoxy) is 2. The highest BCUT2D eigenvalue weighted by Gasteiger charge is 2.48. The van der Waals surface area contributed by atoms with Gasteiger partial charge >= 0.3 is 5.97 Å². The van der Waals surface area contributed by atoms with Gasteiger partial charge in [-0.2, -0.15) is 0 Å². The number of hydrogen-bond acceptors (Lipinski definition) is 5. The molecule has 100 valence electrons. The molecule has 0 saturated carbocycles.